The Morgan fingerprint density at radius 3 is 1.55 bits per heavy atom. The summed E-state index contributed by atoms with van der Waals surface area (Å²) in [6.07, 6.45) is 0. The molecular weight excluding hydrogens is 197 g/mol. The van der Waals surface area contributed by atoms with E-state index in [1.165, 1.54) is 0 Å². The van der Waals surface area contributed by atoms with Gasteiger partial charge in [0.2, 0.25) is 5.95 Å². The second kappa shape index (κ2) is 3.34. The van der Waals surface area contributed by atoms with Gasteiger partial charge in [-0.05, 0) is 0 Å². The molecule has 7 heteroatoms. The van der Waals surface area contributed by atoms with E-state index in [-0.39, 0.29) is 42.7 Å². The largest absolute Gasteiger partial charge is 0.393 e. The van der Waals surface area contributed by atoms with Crippen LogP contribution in [0.3, 0.4) is 0 Å². The van der Waals surface area contributed by atoms with Crippen molar-refractivity contribution in [2.75, 3.05) is 22.9 Å². The van der Waals surface area contributed by atoms with Crippen molar-refractivity contribution in [2.24, 2.45) is 0 Å². The summed E-state index contributed by atoms with van der Waals surface area (Å²) in [5.41, 5.74) is 21.3. The Morgan fingerprint density at radius 1 is 0.818 bits per heavy atom. The van der Waals surface area contributed by atoms with E-state index in [1.54, 1.807) is 0 Å². The van der Waals surface area contributed by atoms with Crippen molar-refractivity contribution < 1.29 is 19.5 Å². The second-order valence-electron chi connectivity index (χ2n) is 1.77. The van der Waals surface area contributed by atoms with Crippen molar-refractivity contribution in [3.63, 3.8) is 0 Å². The van der Waals surface area contributed by atoms with Crippen LogP contribution in [0.5, 0.6) is 0 Å². The first-order valence-electron chi connectivity index (χ1n) is 2.55. The molecule has 0 atom stereocenters. The van der Waals surface area contributed by atoms with Crippen LogP contribution in [-0.2, 0) is 19.5 Å². The molecule has 0 aliphatic carbocycles. The van der Waals surface area contributed by atoms with E-state index in [0.717, 1.165) is 0 Å². The van der Waals surface area contributed by atoms with Crippen LogP contribution < -0.4 is 22.9 Å². The minimum atomic E-state index is 0. The van der Waals surface area contributed by atoms with Crippen LogP contribution in [0.1, 0.15) is 0 Å². The normalized spacial score (nSPS) is 8.73. The number of hydrogen-bond acceptors (Lipinski definition) is 6. The molecule has 6 nitrogen and oxygen atoms in total. The van der Waals surface area contributed by atoms with E-state index >= 15 is 0 Å². The summed E-state index contributed by atoms with van der Waals surface area (Å²) < 4.78 is 0. The van der Waals surface area contributed by atoms with Gasteiger partial charge in [-0.3, -0.25) is 0 Å². The van der Waals surface area contributed by atoms with Gasteiger partial charge in [-0.2, -0.15) is 9.97 Å². The fraction of sp³-hybridized carbons (Fsp3) is 0. The molecule has 0 saturated heterocycles. The van der Waals surface area contributed by atoms with E-state index in [4.69, 9.17) is 22.9 Å². The first kappa shape index (κ1) is 9.90. The summed E-state index contributed by atoms with van der Waals surface area (Å²) in [6.45, 7) is 0. The fourth-order valence-corrected chi connectivity index (χ4v) is 0.523. The smallest absolute Gasteiger partial charge is 0.224 e. The Kier molecular flexibility index (Phi) is 3.01. The second-order valence-corrected chi connectivity index (χ2v) is 1.77. The number of anilines is 4. The van der Waals surface area contributed by atoms with Crippen molar-refractivity contribution in [1.82, 2.24) is 9.97 Å². The molecule has 0 amide bonds. The number of nitrogen functional groups attached to an aromatic ring is 4. The monoisotopic (exact) mass is 204 g/mol. The average molecular weight is 206 g/mol. The molecular formula is C4H8N6Zn. The zero-order valence-corrected chi connectivity index (χ0v) is 8.88. The van der Waals surface area contributed by atoms with Crippen LogP contribution in [0.4, 0.5) is 23.3 Å². The number of rotatable bonds is 0. The van der Waals surface area contributed by atoms with E-state index in [2.05, 4.69) is 9.97 Å². The Hall–Kier alpha value is -1.10. The number of aromatic nitrogens is 2. The summed E-state index contributed by atoms with van der Waals surface area (Å²) in [6, 6.07) is 0. The molecule has 1 heterocycles. The predicted molar refractivity (Wildman–Crippen MR) is 39.7 cm³/mol. The van der Waals surface area contributed by atoms with Gasteiger partial charge >= 0.3 is 0 Å². The Balaban J connectivity index is 0.000001000. The summed E-state index contributed by atoms with van der Waals surface area (Å²) in [4.78, 5) is 7.15. The van der Waals surface area contributed by atoms with Crippen LogP contribution >= 0.6 is 0 Å². The van der Waals surface area contributed by atoms with Crippen LogP contribution in [-0.4, -0.2) is 9.97 Å². The third-order valence-corrected chi connectivity index (χ3v) is 1.02. The standard InChI is InChI=1S/C4H8N6.Zn/c5-1-2(6)9-4(8)10-3(1)7;/h5H2,(H6,6,7,8,9,10);. The zero-order chi connectivity index (χ0) is 7.72. The molecule has 11 heavy (non-hydrogen) atoms. The molecule has 0 radical (unpaired) electrons. The topological polar surface area (TPSA) is 130 Å². The molecule has 1 aromatic rings. The molecule has 0 fully saturated rings. The Labute approximate surface area is 76.1 Å². The number of nitrogens with two attached hydrogens (primary N) is 4. The van der Waals surface area contributed by atoms with Crippen molar-refractivity contribution in [1.29, 1.82) is 0 Å². The van der Waals surface area contributed by atoms with Crippen LogP contribution in [0.25, 0.3) is 0 Å². The molecule has 0 unspecified atom stereocenters. The third kappa shape index (κ3) is 1.91. The maximum absolute atomic E-state index is 5.32. The molecule has 0 bridgehead atoms. The summed E-state index contributed by atoms with van der Waals surface area (Å²) in [5.74, 6) is 0.263. The van der Waals surface area contributed by atoms with Crippen LogP contribution in [0, 0.1) is 0 Å². The van der Waals surface area contributed by atoms with Crippen molar-refractivity contribution in [3.8, 4) is 0 Å². The van der Waals surface area contributed by atoms with Gasteiger partial charge in [-0.25, -0.2) is 0 Å². The van der Waals surface area contributed by atoms with Crippen LogP contribution in [0.2, 0.25) is 0 Å². The van der Waals surface area contributed by atoms with E-state index in [1.807, 2.05) is 0 Å². The molecule has 0 aliphatic rings. The molecule has 1 aromatic heterocycles. The quantitative estimate of drug-likeness (QED) is 0.394. The number of hydrogen-bond donors (Lipinski definition) is 4. The molecule has 0 spiro atoms. The predicted octanol–water partition coefficient (Wildman–Crippen LogP) is -1.20. The Morgan fingerprint density at radius 2 is 1.18 bits per heavy atom. The minimum absolute atomic E-state index is 0. The first-order valence-corrected chi connectivity index (χ1v) is 2.55. The Bertz CT molecular complexity index is 238. The van der Waals surface area contributed by atoms with E-state index < -0.39 is 0 Å². The summed E-state index contributed by atoms with van der Waals surface area (Å²) >= 11 is 0. The van der Waals surface area contributed by atoms with Gasteiger partial charge in [0, 0.05) is 19.5 Å². The van der Waals surface area contributed by atoms with Gasteiger partial charge in [-0.1, -0.05) is 0 Å². The summed E-state index contributed by atoms with van der Waals surface area (Å²) in [5, 5.41) is 0. The molecule has 0 aromatic carbocycles. The fourth-order valence-electron chi connectivity index (χ4n) is 0.523. The molecule has 8 N–H and O–H groups in total. The van der Waals surface area contributed by atoms with Crippen molar-refractivity contribution in [3.05, 3.63) is 0 Å². The van der Waals surface area contributed by atoms with E-state index in [0.29, 0.717) is 0 Å². The van der Waals surface area contributed by atoms with Crippen molar-refractivity contribution in [2.45, 2.75) is 0 Å². The third-order valence-electron chi connectivity index (χ3n) is 1.02. The molecule has 1 rings (SSSR count). The zero-order valence-electron chi connectivity index (χ0n) is 5.91. The van der Waals surface area contributed by atoms with Gasteiger partial charge in [0.1, 0.15) is 5.69 Å². The SMILES string of the molecule is Nc1nc(N)c(N)c(N)n1.[Zn]. The van der Waals surface area contributed by atoms with Gasteiger partial charge in [0.05, 0.1) is 0 Å². The van der Waals surface area contributed by atoms with Crippen LogP contribution in [0.15, 0.2) is 0 Å². The summed E-state index contributed by atoms with van der Waals surface area (Å²) in [7, 11) is 0. The van der Waals surface area contributed by atoms with Gasteiger partial charge in [-0.15, -0.1) is 0 Å². The van der Waals surface area contributed by atoms with Gasteiger partial charge in [0.15, 0.2) is 11.6 Å². The maximum atomic E-state index is 5.32. The molecule has 0 saturated carbocycles. The van der Waals surface area contributed by atoms with Gasteiger partial charge < -0.3 is 22.9 Å². The van der Waals surface area contributed by atoms with E-state index in [9.17, 15) is 0 Å². The average Bonchev–Trinajstić information content (AvgIpc) is 1.82. The number of nitrogens with zero attached hydrogens (tertiary/aromatic N) is 2. The molecule has 56 valence electrons. The van der Waals surface area contributed by atoms with Crippen molar-refractivity contribution >= 4 is 23.3 Å². The van der Waals surface area contributed by atoms with Gasteiger partial charge in [0.25, 0.3) is 0 Å². The molecule has 0 aliphatic heterocycles. The minimum Gasteiger partial charge on any atom is -0.393 e. The first-order chi connectivity index (χ1) is 4.61. The maximum Gasteiger partial charge on any atom is 0.224 e.